The van der Waals surface area contributed by atoms with Crippen LogP contribution in [0, 0.1) is 0 Å². The SMILES string of the molecule is CC(O)c1cccc(OCCCN(C)C)c1. The van der Waals surface area contributed by atoms with E-state index in [9.17, 15) is 5.11 Å². The fourth-order valence-corrected chi connectivity index (χ4v) is 1.43. The molecule has 3 heteroatoms. The van der Waals surface area contributed by atoms with Crippen LogP contribution in [0.1, 0.15) is 25.0 Å². The van der Waals surface area contributed by atoms with Crippen molar-refractivity contribution in [2.75, 3.05) is 27.2 Å². The van der Waals surface area contributed by atoms with Gasteiger partial charge in [0.1, 0.15) is 5.75 Å². The van der Waals surface area contributed by atoms with E-state index < -0.39 is 6.10 Å². The minimum Gasteiger partial charge on any atom is -0.494 e. The summed E-state index contributed by atoms with van der Waals surface area (Å²) in [4.78, 5) is 2.13. The number of benzene rings is 1. The molecule has 0 spiro atoms. The van der Waals surface area contributed by atoms with E-state index in [1.165, 1.54) is 0 Å². The van der Waals surface area contributed by atoms with E-state index in [0.29, 0.717) is 6.61 Å². The summed E-state index contributed by atoms with van der Waals surface area (Å²) in [6.07, 6.45) is 0.566. The van der Waals surface area contributed by atoms with Gasteiger partial charge >= 0.3 is 0 Å². The lowest BCUT2D eigenvalue weighted by Crippen LogP contribution is -2.15. The van der Waals surface area contributed by atoms with Crippen LogP contribution in [0.3, 0.4) is 0 Å². The average molecular weight is 223 g/mol. The van der Waals surface area contributed by atoms with Gasteiger partial charge in [-0.25, -0.2) is 0 Å². The second-order valence-electron chi connectivity index (χ2n) is 4.25. The van der Waals surface area contributed by atoms with Crippen molar-refractivity contribution in [3.05, 3.63) is 29.8 Å². The quantitative estimate of drug-likeness (QED) is 0.749. The predicted octanol–water partition coefficient (Wildman–Crippen LogP) is 2.07. The monoisotopic (exact) mass is 223 g/mol. The lowest BCUT2D eigenvalue weighted by molar-refractivity contribution is 0.198. The zero-order valence-electron chi connectivity index (χ0n) is 10.3. The molecule has 1 unspecified atom stereocenters. The molecule has 1 atom stereocenters. The van der Waals surface area contributed by atoms with Gasteiger partial charge in [0, 0.05) is 6.54 Å². The van der Waals surface area contributed by atoms with Gasteiger partial charge in [0.25, 0.3) is 0 Å². The molecular weight excluding hydrogens is 202 g/mol. The Kier molecular flexibility index (Phi) is 5.29. The van der Waals surface area contributed by atoms with Gasteiger partial charge in [-0.2, -0.15) is 0 Å². The van der Waals surface area contributed by atoms with E-state index in [-0.39, 0.29) is 0 Å². The van der Waals surface area contributed by atoms with Gasteiger partial charge in [-0.3, -0.25) is 0 Å². The number of ether oxygens (including phenoxy) is 1. The Hall–Kier alpha value is -1.06. The fraction of sp³-hybridized carbons (Fsp3) is 0.538. The molecule has 3 nitrogen and oxygen atoms in total. The smallest absolute Gasteiger partial charge is 0.119 e. The summed E-state index contributed by atoms with van der Waals surface area (Å²) < 4.78 is 5.61. The van der Waals surface area contributed by atoms with Crippen molar-refractivity contribution in [2.45, 2.75) is 19.4 Å². The number of hydrogen-bond acceptors (Lipinski definition) is 3. The Morgan fingerprint density at radius 3 is 2.75 bits per heavy atom. The molecule has 0 radical (unpaired) electrons. The average Bonchev–Trinajstić information content (AvgIpc) is 2.24. The summed E-state index contributed by atoms with van der Waals surface area (Å²) in [6, 6.07) is 7.61. The van der Waals surface area contributed by atoms with Gasteiger partial charge < -0.3 is 14.7 Å². The Morgan fingerprint density at radius 2 is 2.12 bits per heavy atom. The third-order valence-corrected chi connectivity index (χ3v) is 2.36. The van der Waals surface area contributed by atoms with E-state index in [0.717, 1.165) is 24.3 Å². The van der Waals surface area contributed by atoms with Crippen molar-refractivity contribution >= 4 is 0 Å². The molecule has 1 aromatic rings. The lowest BCUT2D eigenvalue weighted by Gasteiger charge is -2.11. The van der Waals surface area contributed by atoms with Crippen LogP contribution in [0.5, 0.6) is 5.75 Å². The Bertz CT molecular complexity index is 311. The van der Waals surface area contributed by atoms with E-state index >= 15 is 0 Å². The van der Waals surface area contributed by atoms with Gasteiger partial charge in [0.2, 0.25) is 0 Å². The first-order chi connectivity index (χ1) is 7.59. The largest absolute Gasteiger partial charge is 0.494 e. The Labute approximate surface area is 97.7 Å². The zero-order valence-corrected chi connectivity index (χ0v) is 10.3. The van der Waals surface area contributed by atoms with Gasteiger partial charge in [-0.1, -0.05) is 12.1 Å². The van der Waals surface area contributed by atoms with Crippen molar-refractivity contribution in [1.82, 2.24) is 4.90 Å². The molecule has 0 heterocycles. The highest BCUT2D eigenvalue weighted by Crippen LogP contribution is 2.18. The standard InChI is InChI=1S/C13H21NO2/c1-11(15)12-6-4-7-13(10-12)16-9-5-8-14(2)3/h4,6-7,10-11,15H,5,8-9H2,1-3H3. The molecule has 0 saturated heterocycles. The molecule has 0 bridgehead atoms. The highest BCUT2D eigenvalue weighted by molar-refractivity contribution is 5.29. The normalized spacial score (nSPS) is 12.8. The van der Waals surface area contributed by atoms with E-state index in [2.05, 4.69) is 4.90 Å². The molecule has 0 fully saturated rings. The maximum atomic E-state index is 9.43. The minimum atomic E-state index is -0.440. The first-order valence-corrected chi connectivity index (χ1v) is 5.65. The van der Waals surface area contributed by atoms with Crippen LogP contribution >= 0.6 is 0 Å². The maximum Gasteiger partial charge on any atom is 0.119 e. The zero-order chi connectivity index (χ0) is 12.0. The molecule has 1 rings (SSSR count). The van der Waals surface area contributed by atoms with Gasteiger partial charge in [-0.05, 0) is 45.1 Å². The number of aliphatic hydroxyl groups excluding tert-OH is 1. The lowest BCUT2D eigenvalue weighted by atomic mass is 10.1. The van der Waals surface area contributed by atoms with Crippen molar-refractivity contribution in [1.29, 1.82) is 0 Å². The summed E-state index contributed by atoms with van der Waals surface area (Å²) in [6.45, 7) is 3.49. The highest BCUT2D eigenvalue weighted by atomic mass is 16.5. The molecular formula is C13H21NO2. The maximum absolute atomic E-state index is 9.43. The fourth-order valence-electron chi connectivity index (χ4n) is 1.43. The first-order valence-electron chi connectivity index (χ1n) is 5.65. The van der Waals surface area contributed by atoms with Crippen LogP contribution in [0.15, 0.2) is 24.3 Å². The van der Waals surface area contributed by atoms with Crippen LogP contribution < -0.4 is 4.74 Å². The summed E-state index contributed by atoms with van der Waals surface area (Å²) >= 11 is 0. The first kappa shape index (κ1) is 13.0. The van der Waals surface area contributed by atoms with Crippen LogP contribution in [0.2, 0.25) is 0 Å². The molecule has 0 aliphatic heterocycles. The molecule has 16 heavy (non-hydrogen) atoms. The van der Waals surface area contributed by atoms with Crippen molar-refractivity contribution in [3.63, 3.8) is 0 Å². The van der Waals surface area contributed by atoms with Gasteiger partial charge in [0.15, 0.2) is 0 Å². The third kappa shape index (κ3) is 4.64. The molecule has 1 aromatic carbocycles. The molecule has 0 aliphatic carbocycles. The van der Waals surface area contributed by atoms with Crippen LogP contribution in [0.25, 0.3) is 0 Å². The topological polar surface area (TPSA) is 32.7 Å². The summed E-state index contributed by atoms with van der Waals surface area (Å²) in [5.41, 5.74) is 0.894. The van der Waals surface area contributed by atoms with Crippen molar-refractivity contribution in [3.8, 4) is 5.75 Å². The van der Waals surface area contributed by atoms with Gasteiger partial charge in [-0.15, -0.1) is 0 Å². The molecule has 0 amide bonds. The number of aliphatic hydroxyl groups is 1. The van der Waals surface area contributed by atoms with E-state index in [1.54, 1.807) is 6.92 Å². The molecule has 0 aliphatic rings. The second kappa shape index (κ2) is 6.51. The molecule has 90 valence electrons. The number of hydrogen-bond donors (Lipinski definition) is 1. The minimum absolute atomic E-state index is 0.440. The van der Waals surface area contributed by atoms with Gasteiger partial charge in [0.05, 0.1) is 12.7 Å². The summed E-state index contributed by atoms with van der Waals surface area (Å²) in [5.74, 6) is 0.831. The highest BCUT2D eigenvalue weighted by Gasteiger charge is 2.02. The molecule has 1 N–H and O–H groups in total. The Balaban J connectivity index is 2.39. The van der Waals surface area contributed by atoms with Crippen LogP contribution in [0.4, 0.5) is 0 Å². The van der Waals surface area contributed by atoms with Crippen LogP contribution in [-0.4, -0.2) is 37.3 Å². The molecule has 0 saturated carbocycles. The number of rotatable bonds is 6. The predicted molar refractivity (Wildman–Crippen MR) is 65.7 cm³/mol. The molecule has 0 aromatic heterocycles. The Morgan fingerprint density at radius 1 is 1.38 bits per heavy atom. The van der Waals surface area contributed by atoms with E-state index in [4.69, 9.17) is 4.74 Å². The summed E-state index contributed by atoms with van der Waals surface area (Å²) in [5, 5.41) is 9.43. The van der Waals surface area contributed by atoms with E-state index in [1.807, 2.05) is 38.4 Å². The van der Waals surface area contributed by atoms with Crippen molar-refractivity contribution < 1.29 is 9.84 Å². The second-order valence-corrected chi connectivity index (χ2v) is 4.25. The van der Waals surface area contributed by atoms with Crippen LogP contribution in [-0.2, 0) is 0 Å². The summed E-state index contributed by atoms with van der Waals surface area (Å²) in [7, 11) is 4.10. The van der Waals surface area contributed by atoms with Crippen molar-refractivity contribution in [2.24, 2.45) is 0 Å². The number of nitrogens with zero attached hydrogens (tertiary/aromatic N) is 1. The third-order valence-electron chi connectivity index (χ3n) is 2.36.